The summed E-state index contributed by atoms with van der Waals surface area (Å²) in [6.45, 7) is 2.86. The maximum absolute atomic E-state index is 5.34. The van der Waals surface area contributed by atoms with Crippen molar-refractivity contribution in [2.24, 2.45) is 0 Å². The second kappa shape index (κ2) is 4.82. The molecule has 0 saturated heterocycles. The fraction of sp³-hybridized carbons (Fsp3) is 0.364. The minimum atomic E-state index is 0.630. The summed E-state index contributed by atoms with van der Waals surface area (Å²) in [5.74, 6) is 1.30. The first kappa shape index (κ1) is 11.4. The summed E-state index contributed by atoms with van der Waals surface area (Å²) < 4.78 is 7.18. The molecule has 0 amide bonds. The Balaban J connectivity index is 2.50. The Kier molecular flexibility index (Phi) is 3.22. The van der Waals surface area contributed by atoms with E-state index in [-0.39, 0.29) is 0 Å². The lowest BCUT2D eigenvalue weighted by Crippen LogP contribution is -2.00. The van der Waals surface area contributed by atoms with Gasteiger partial charge in [0.25, 0.3) is 0 Å². The molecule has 0 spiro atoms. The van der Waals surface area contributed by atoms with Crippen LogP contribution in [0.4, 0.5) is 5.82 Å². The first-order valence-corrected chi connectivity index (χ1v) is 5.39. The molecule has 0 aliphatic heterocycles. The highest BCUT2D eigenvalue weighted by atomic mass is 16.5. The Morgan fingerprint density at radius 2 is 2.24 bits per heavy atom. The molecule has 0 fully saturated rings. The van der Waals surface area contributed by atoms with E-state index < -0.39 is 0 Å². The zero-order valence-electron chi connectivity index (χ0n) is 10.1. The second-order valence-electron chi connectivity index (χ2n) is 3.44. The van der Waals surface area contributed by atoms with Gasteiger partial charge in [-0.15, -0.1) is 0 Å². The number of methoxy groups -OCH3 is 1. The number of nitrogens with zero attached hydrogens (tertiary/aromatic N) is 4. The van der Waals surface area contributed by atoms with Gasteiger partial charge in [-0.05, 0) is 6.92 Å². The minimum Gasteiger partial charge on any atom is -0.491 e. The first-order chi connectivity index (χ1) is 8.30. The SMILES string of the molecule is CCn1cc(-c2ncnc(NC)c2OC)cn1. The van der Waals surface area contributed by atoms with E-state index in [9.17, 15) is 0 Å². The molecule has 0 unspecified atom stereocenters. The molecule has 2 heterocycles. The van der Waals surface area contributed by atoms with Gasteiger partial charge in [-0.25, -0.2) is 9.97 Å². The lowest BCUT2D eigenvalue weighted by Gasteiger charge is -2.09. The van der Waals surface area contributed by atoms with Gasteiger partial charge < -0.3 is 10.1 Å². The van der Waals surface area contributed by atoms with Crippen LogP contribution in [0.1, 0.15) is 6.92 Å². The molecule has 0 radical (unpaired) electrons. The molecule has 2 aromatic rings. The van der Waals surface area contributed by atoms with Crippen molar-refractivity contribution in [1.29, 1.82) is 0 Å². The third kappa shape index (κ3) is 2.06. The third-order valence-corrected chi connectivity index (χ3v) is 2.48. The highest BCUT2D eigenvalue weighted by Gasteiger charge is 2.14. The number of aryl methyl sites for hydroxylation is 1. The van der Waals surface area contributed by atoms with Crippen LogP contribution in [0.15, 0.2) is 18.7 Å². The summed E-state index contributed by atoms with van der Waals surface area (Å²) in [4.78, 5) is 8.35. The van der Waals surface area contributed by atoms with Gasteiger partial charge in [-0.3, -0.25) is 4.68 Å². The molecule has 0 bridgehead atoms. The average Bonchev–Trinajstić information content (AvgIpc) is 2.86. The Bertz CT molecular complexity index is 508. The fourth-order valence-corrected chi connectivity index (χ4v) is 1.61. The molecule has 2 aromatic heterocycles. The minimum absolute atomic E-state index is 0.630. The van der Waals surface area contributed by atoms with Crippen LogP contribution in [0, 0.1) is 0 Å². The smallest absolute Gasteiger partial charge is 0.187 e. The van der Waals surface area contributed by atoms with Crippen molar-refractivity contribution in [1.82, 2.24) is 19.7 Å². The van der Waals surface area contributed by atoms with E-state index in [2.05, 4.69) is 20.4 Å². The number of hydrogen-bond acceptors (Lipinski definition) is 5. The van der Waals surface area contributed by atoms with Gasteiger partial charge in [0.15, 0.2) is 11.6 Å². The van der Waals surface area contributed by atoms with Crippen LogP contribution in [0.2, 0.25) is 0 Å². The van der Waals surface area contributed by atoms with Gasteiger partial charge >= 0.3 is 0 Å². The maximum atomic E-state index is 5.34. The molecule has 17 heavy (non-hydrogen) atoms. The zero-order valence-corrected chi connectivity index (χ0v) is 10.1. The highest BCUT2D eigenvalue weighted by Crippen LogP contribution is 2.32. The van der Waals surface area contributed by atoms with E-state index in [1.807, 2.05) is 17.8 Å². The van der Waals surface area contributed by atoms with Crippen molar-refractivity contribution < 1.29 is 4.74 Å². The number of rotatable bonds is 4. The molecule has 1 N–H and O–H groups in total. The summed E-state index contributed by atoms with van der Waals surface area (Å²) in [6.07, 6.45) is 5.21. The van der Waals surface area contributed by atoms with Gasteiger partial charge in [-0.1, -0.05) is 0 Å². The zero-order chi connectivity index (χ0) is 12.3. The largest absolute Gasteiger partial charge is 0.491 e. The van der Waals surface area contributed by atoms with E-state index in [0.29, 0.717) is 11.6 Å². The molecule has 90 valence electrons. The predicted molar refractivity (Wildman–Crippen MR) is 65.0 cm³/mol. The summed E-state index contributed by atoms with van der Waals surface area (Å²) in [7, 11) is 3.40. The molecule has 0 aliphatic carbocycles. The molecule has 2 rings (SSSR count). The fourth-order valence-electron chi connectivity index (χ4n) is 1.61. The van der Waals surface area contributed by atoms with Crippen LogP contribution in [0.5, 0.6) is 5.75 Å². The summed E-state index contributed by atoms with van der Waals surface area (Å²) in [5, 5.41) is 7.20. The molecular weight excluding hydrogens is 218 g/mol. The number of hydrogen-bond donors (Lipinski definition) is 1. The Morgan fingerprint density at radius 3 is 2.82 bits per heavy atom. The molecule has 6 heteroatoms. The predicted octanol–water partition coefficient (Wildman–Crippen LogP) is 1.41. The molecule has 0 saturated carbocycles. The van der Waals surface area contributed by atoms with Crippen LogP contribution in [0.25, 0.3) is 11.3 Å². The van der Waals surface area contributed by atoms with Gasteiger partial charge in [-0.2, -0.15) is 5.10 Å². The van der Waals surface area contributed by atoms with Crippen molar-refractivity contribution >= 4 is 5.82 Å². The van der Waals surface area contributed by atoms with Gasteiger partial charge in [0.2, 0.25) is 0 Å². The molecule has 0 atom stereocenters. The van der Waals surface area contributed by atoms with E-state index in [1.54, 1.807) is 20.4 Å². The number of aromatic nitrogens is 4. The third-order valence-electron chi connectivity index (χ3n) is 2.48. The van der Waals surface area contributed by atoms with Gasteiger partial charge in [0.05, 0.1) is 13.3 Å². The van der Waals surface area contributed by atoms with E-state index in [1.165, 1.54) is 6.33 Å². The monoisotopic (exact) mass is 233 g/mol. The molecule has 6 nitrogen and oxygen atoms in total. The quantitative estimate of drug-likeness (QED) is 0.865. The Labute approximate surface area is 99.7 Å². The Hall–Kier alpha value is -2.11. The summed E-state index contributed by atoms with van der Waals surface area (Å²) >= 11 is 0. The molecule has 0 aromatic carbocycles. The lowest BCUT2D eigenvalue weighted by molar-refractivity contribution is 0.415. The van der Waals surface area contributed by atoms with Crippen molar-refractivity contribution in [3.05, 3.63) is 18.7 Å². The van der Waals surface area contributed by atoms with Crippen LogP contribution >= 0.6 is 0 Å². The van der Waals surface area contributed by atoms with Crippen molar-refractivity contribution in [2.75, 3.05) is 19.5 Å². The number of anilines is 1. The van der Waals surface area contributed by atoms with Gasteiger partial charge in [0.1, 0.15) is 12.0 Å². The second-order valence-corrected chi connectivity index (χ2v) is 3.44. The lowest BCUT2D eigenvalue weighted by atomic mass is 10.2. The average molecular weight is 233 g/mol. The van der Waals surface area contributed by atoms with Crippen LogP contribution in [0.3, 0.4) is 0 Å². The number of nitrogens with one attached hydrogen (secondary N) is 1. The first-order valence-electron chi connectivity index (χ1n) is 5.39. The van der Waals surface area contributed by atoms with Gasteiger partial charge in [0, 0.05) is 25.4 Å². The Morgan fingerprint density at radius 1 is 1.41 bits per heavy atom. The highest BCUT2D eigenvalue weighted by molar-refractivity contribution is 5.71. The summed E-state index contributed by atoms with van der Waals surface area (Å²) in [5.41, 5.74) is 1.66. The molecular formula is C11H15N5O. The normalized spacial score (nSPS) is 10.3. The van der Waals surface area contributed by atoms with Crippen molar-refractivity contribution in [2.45, 2.75) is 13.5 Å². The standard InChI is InChI=1S/C11H15N5O/c1-4-16-6-8(5-15-16)9-10(17-3)11(12-2)14-7-13-9/h5-7H,4H2,1-3H3,(H,12,13,14). The van der Waals surface area contributed by atoms with E-state index in [4.69, 9.17) is 4.74 Å². The van der Waals surface area contributed by atoms with Crippen molar-refractivity contribution in [3.63, 3.8) is 0 Å². The number of ether oxygens (including phenoxy) is 1. The topological polar surface area (TPSA) is 64.9 Å². The van der Waals surface area contributed by atoms with Crippen molar-refractivity contribution in [3.8, 4) is 17.0 Å². The summed E-state index contributed by atoms with van der Waals surface area (Å²) in [6, 6.07) is 0. The maximum Gasteiger partial charge on any atom is 0.187 e. The van der Waals surface area contributed by atoms with Crippen LogP contribution in [-0.4, -0.2) is 33.9 Å². The molecule has 0 aliphatic rings. The van der Waals surface area contributed by atoms with Crippen LogP contribution in [-0.2, 0) is 6.54 Å². The van der Waals surface area contributed by atoms with E-state index >= 15 is 0 Å². The van der Waals surface area contributed by atoms with E-state index in [0.717, 1.165) is 17.8 Å². The van der Waals surface area contributed by atoms with Crippen LogP contribution < -0.4 is 10.1 Å².